The van der Waals surface area contributed by atoms with Crippen molar-refractivity contribution >= 4 is 46.9 Å². The summed E-state index contributed by atoms with van der Waals surface area (Å²) in [5, 5.41) is 0. The van der Waals surface area contributed by atoms with Gasteiger partial charge in [0.15, 0.2) is 0 Å². The van der Waals surface area contributed by atoms with E-state index in [4.69, 9.17) is 50.7 Å². The van der Waals surface area contributed by atoms with Gasteiger partial charge in [-0.15, -0.1) is 6.42 Å². The molecule has 3 rings (SSSR count). The van der Waals surface area contributed by atoms with Crippen molar-refractivity contribution < 1.29 is 19.1 Å². The predicted octanol–water partition coefficient (Wildman–Crippen LogP) is 4.28. The maximum atomic E-state index is 12.7. The number of methoxy groups -OCH3 is 1. The first-order valence-corrected chi connectivity index (χ1v) is 10.0. The van der Waals surface area contributed by atoms with Crippen LogP contribution in [-0.4, -0.2) is 46.6 Å². The number of benzene rings is 1. The van der Waals surface area contributed by atoms with Crippen molar-refractivity contribution in [2.24, 2.45) is 5.92 Å². The van der Waals surface area contributed by atoms with E-state index in [1.165, 1.54) is 7.11 Å². The van der Waals surface area contributed by atoms with E-state index in [-0.39, 0.29) is 30.6 Å². The molecule has 1 amide bonds. The van der Waals surface area contributed by atoms with E-state index < -0.39 is 15.8 Å². The van der Waals surface area contributed by atoms with Crippen LogP contribution in [0.3, 0.4) is 0 Å². The molecular formula is C20H20Cl3NO4. The number of esters is 1. The van der Waals surface area contributed by atoms with Gasteiger partial charge in [-0.3, -0.25) is 4.79 Å². The van der Waals surface area contributed by atoms with Crippen LogP contribution >= 0.6 is 34.8 Å². The third-order valence-electron chi connectivity index (χ3n) is 5.47. The Morgan fingerprint density at radius 2 is 1.93 bits per heavy atom. The number of piperidine rings is 1. The molecule has 0 aliphatic carbocycles. The van der Waals surface area contributed by atoms with Crippen LogP contribution in [0.25, 0.3) is 0 Å². The molecular weight excluding hydrogens is 425 g/mol. The fourth-order valence-corrected chi connectivity index (χ4v) is 4.50. The van der Waals surface area contributed by atoms with Crippen LogP contribution in [0.2, 0.25) is 0 Å². The SMILES string of the molecule is C#Cc1ccc(C2CC3CCC(C2C(=O)OC)N3C(=O)OCC(Cl)(Cl)Cl)cc1. The van der Waals surface area contributed by atoms with E-state index in [0.717, 1.165) is 17.5 Å². The van der Waals surface area contributed by atoms with E-state index in [9.17, 15) is 9.59 Å². The molecule has 2 aliphatic rings. The van der Waals surface area contributed by atoms with E-state index in [0.29, 0.717) is 12.8 Å². The van der Waals surface area contributed by atoms with Crippen LogP contribution in [0.15, 0.2) is 24.3 Å². The fourth-order valence-electron chi connectivity index (χ4n) is 4.33. The molecule has 8 heteroatoms. The first-order valence-electron chi connectivity index (χ1n) is 8.91. The fraction of sp³-hybridized carbons (Fsp3) is 0.500. The van der Waals surface area contributed by atoms with Gasteiger partial charge in [-0.25, -0.2) is 4.79 Å². The van der Waals surface area contributed by atoms with Gasteiger partial charge in [-0.1, -0.05) is 52.9 Å². The molecule has 2 fully saturated rings. The van der Waals surface area contributed by atoms with Crippen LogP contribution in [-0.2, 0) is 14.3 Å². The number of hydrogen-bond acceptors (Lipinski definition) is 4. The lowest BCUT2D eigenvalue weighted by atomic mass is 9.76. The minimum atomic E-state index is -1.69. The van der Waals surface area contributed by atoms with Crippen molar-refractivity contribution in [2.45, 2.75) is 41.1 Å². The second kappa shape index (κ2) is 8.41. The van der Waals surface area contributed by atoms with Gasteiger partial charge < -0.3 is 14.4 Å². The second-order valence-corrected chi connectivity index (χ2v) is 9.55. The van der Waals surface area contributed by atoms with Gasteiger partial charge in [0.05, 0.1) is 13.0 Å². The van der Waals surface area contributed by atoms with Crippen molar-refractivity contribution in [3.63, 3.8) is 0 Å². The van der Waals surface area contributed by atoms with Crippen LogP contribution in [0, 0.1) is 18.3 Å². The largest absolute Gasteiger partial charge is 0.469 e. The highest BCUT2D eigenvalue weighted by atomic mass is 35.6. The molecule has 2 aliphatic heterocycles. The number of fused-ring (bicyclic) bond motifs is 2. The number of nitrogens with zero attached hydrogens (tertiary/aromatic N) is 1. The summed E-state index contributed by atoms with van der Waals surface area (Å²) >= 11 is 17.0. The summed E-state index contributed by atoms with van der Waals surface area (Å²) in [6, 6.07) is 7.20. The molecule has 2 bridgehead atoms. The smallest absolute Gasteiger partial charge is 0.410 e. The minimum absolute atomic E-state index is 0.0499. The Labute approximate surface area is 179 Å². The maximum Gasteiger partial charge on any atom is 0.410 e. The van der Waals surface area contributed by atoms with Gasteiger partial charge in [0.25, 0.3) is 0 Å². The van der Waals surface area contributed by atoms with Crippen LogP contribution in [0.1, 0.15) is 36.3 Å². The molecule has 1 aromatic rings. The van der Waals surface area contributed by atoms with Gasteiger partial charge in [0.1, 0.15) is 6.61 Å². The van der Waals surface area contributed by atoms with Gasteiger partial charge in [-0.2, -0.15) is 0 Å². The molecule has 0 saturated carbocycles. The van der Waals surface area contributed by atoms with E-state index in [2.05, 4.69) is 5.92 Å². The summed E-state index contributed by atoms with van der Waals surface area (Å²) in [4.78, 5) is 26.9. The number of ether oxygens (including phenoxy) is 2. The molecule has 2 saturated heterocycles. The first-order chi connectivity index (χ1) is 13.2. The third-order valence-corrected chi connectivity index (χ3v) is 5.80. The molecule has 4 atom stereocenters. The predicted molar refractivity (Wildman–Crippen MR) is 108 cm³/mol. The Kier molecular flexibility index (Phi) is 6.34. The first kappa shape index (κ1) is 21.1. The van der Waals surface area contributed by atoms with Gasteiger partial charge in [0.2, 0.25) is 3.79 Å². The molecule has 0 spiro atoms. The molecule has 2 heterocycles. The Morgan fingerprint density at radius 3 is 2.50 bits per heavy atom. The Hall–Kier alpha value is -1.61. The van der Waals surface area contributed by atoms with E-state index in [1.54, 1.807) is 4.90 Å². The second-order valence-electron chi connectivity index (χ2n) is 7.03. The molecule has 150 valence electrons. The standard InChI is InChI=1S/C20H20Cl3NO4/c1-3-12-4-6-13(7-5-12)15-10-14-8-9-16(17(15)18(25)27-2)24(14)19(26)28-11-20(21,22)23/h1,4-7,14-17H,8-11H2,2H3. The van der Waals surface area contributed by atoms with Gasteiger partial charge in [-0.05, 0) is 37.0 Å². The lowest BCUT2D eigenvalue weighted by molar-refractivity contribution is -0.150. The zero-order chi connectivity index (χ0) is 20.5. The van der Waals surface area contributed by atoms with Crippen LogP contribution in [0.5, 0.6) is 0 Å². The number of carbonyl (C=O) groups is 2. The van der Waals surface area contributed by atoms with Crippen molar-refractivity contribution in [1.82, 2.24) is 4.90 Å². The zero-order valence-corrected chi connectivity index (χ0v) is 17.5. The molecule has 28 heavy (non-hydrogen) atoms. The number of rotatable bonds is 3. The van der Waals surface area contributed by atoms with Crippen molar-refractivity contribution in [1.29, 1.82) is 0 Å². The number of hydrogen-bond donors (Lipinski definition) is 0. The third kappa shape index (κ3) is 4.35. The summed E-state index contributed by atoms with van der Waals surface area (Å²) in [5.41, 5.74) is 1.77. The number of alkyl halides is 3. The maximum absolute atomic E-state index is 12.7. The summed E-state index contributed by atoms with van der Waals surface area (Å²) in [5.74, 6) is 1.66. The number of halogens is 3. The number of carbonyl (C=O) groups excluding carboxylic acids is 2. The van der Waals surface area contributed by atoms with Crippen molar-refractivity contribution in [2.75, 3.05) is 13.7 Å². The van der Waals surface area contributed by atoms with Crippen LogP contribution < -0.4 is 0 Å². The monoisotopic (exact) mass is 443 g/mol. The lowest BCUT2D eigenvalue weighted by Crippen LogP contribution is -2.53. The van der Waals surface area contributed by atoms with Gasteiger partial charge >= 0.3 is 12.1 Å². The van der Waals surface area contributed by atoms with Gasteiger partial charge in [0, 0.05) is 23.6 Å². The average Bonchev–Trinajstić information content (AvgIpc) is 2.98. The Morgan fingerprint density at radius 1 is 1.25 bits per heavy atom. The highest BCUT2D eigenvalue weighted by Crippen LogP contribution is 2.47. The summed E-state index contributed by atoms with van der Waals surface area (Å²) in [6.07, 6.45) is 6.94. The molecule has 1 aromatic carbocycles. The van der Waals surface area contributed by atoms with Crippen molar-refractivity contribution in [3.05, 3.63) is 35.4 Å². The molecule has 4 unspecified atom stereocenters. The summed E-state index contributed by atoms with van der Waals surface area (Å²) in [6.45, 7) is -0.355. The Balaban J connectivity index is 1.86. The van der Waals surface area contributed by atoms with E-state index >= 15 is 0 Å². The highest BCUT2D eigenvalue weighted by molar-refractivity contribution is 6.67. The molecule has 0 aromatic heterocycles. The normalized spacial score (nSPS) is 26.5. The zero-order valence-electron chi connectivity index (χ0n) is 15.2. The highest BCUT2D eigenvalue weighted by Gasteiger charge is 2.53. The van der Waals surface area contributed by atoms with Crippen molar-refractivity contribution in [3.8, 4) is 12.3 Å². The summed E-state index contributed by atoms with van der Waals surface area (Å²) in [7, 11) is 1.35. The van der Waals surface area contributed by atoms with E-state index in [1.807, 2.05) is 24.3 Å². The Bertz CT molecular complexity index is 784. The number of terminal acetylenes is 1. The van der Waals surface area contributed by atoms with Crippen LogP contribution in [0.4, 0.5) is 4.79 Å². The molecule has 0 radical (unpaired) electrons. The molecule has 0 N–H and O–H groups in total. The molecule has 5 nitrogen and oxygen atoms in total. The topological polar surface area (TPSA) is 55.8 Å². The average molecular weight is 445 g/mol. The minimum Gasteiger partial charge on any atom is -0.469 e. The lowest BCUT2D eigenvalue weighted by Gasteiger charge is -2.43. The number of amides is 1. The summed E-state index contributed by atoms with van der Waals surface area (Å²) < 4.78 is 8.56. The quantitative estimate of drug-likeness (QED) is 0.397.